The van der Waals surface area contributed by atoms with Gasteiger partial charge in [0.2, 0.25) is 0 Å². The minimum absolute atomic E-state index is 0.156. The van der Waals surface area contributed by atoms with Crippen LogP contribution in [0.5, 0.6) is 0 Å². The number of pyridine rings is 1. The van der Waals surface area contributed by atoms with Crippen molar-refractivity contribution < 1.29 is 14.3 Å². The van der Waals surface area contributed by atoms with Crippen molar-refractivity contribution >= 4 is 29.1 Å². The second kappa shape index (κ2) is 10.8. The van der Waals surface area contributed by atoms with Gasteiger partial charge in [0, 0.05) is 43.9 Å². The number of aromatic nitrogens is 1. The summed E-state index contributed by atoms with van der Waals surface area (Å²) >= 11 is 6.52. The Morgan fingerprint density at radius 1 is 1.13 bits per heavy atom. The van der Waals surface area contributed by atoms with Crippen molar-refractivity contribution in [3.8, 4) is 11.1 Å². The number of aryl methyl sites for hydroxylation is 1. The van der Waals surface area contributed by atoms with E-state index in [0.29, 0.717) is 11.4 Å². The monoisotopic (exact) mass is 550 g/mol. The van der Waals surface area contributed by atoms with E-state index in [1.54, 1.807) is 6.07 Å². The quantitative estimate of drug-likeness (QED) is 0.353. The van der Waals surface area contributed by atoms with E-state index in [4.69, 9.17) is 17.3 Å². The van der Waals surface area contributed by atoms with Gasteiger partial charge in [0.05, 0.1) is 12.1 Å². The predicted octanol–water partition coefficient (Wildman–Crippen LogP) is 6.24. The number of anilines is 2. The number of hydrogen-bond donors (Lipinski definition) is 2. The maximum atomic E-state index is 13.6. The molecule has 0 bridgehead atoms. The number of carboxylic acid groups (broad SMARTS) is 1. The summed E-state index contributed by atoms with van der Waals surface area (Å²) in [4.78, 5) is 20.8. The Morgan fingerprint density at radius 2 is 1.87 bits per heavy atom. The molecule has 3 heterocycles. The van der Waals surface area contributed by atoms with Crippen LogP contribution in [0.15, 0.2) is 36.4 Å². The lowest BCUT2D eigenvalue weighted by molar-refractivity contribution is -0.136. The van der Waals surface area contributed by atoms with E-state index in [1.807, 2.05) is 13.0 Å². The van der Waals surface area contributed by atoms with Crippen LogP contribution >= 0.6 is 11.6 Å². The molecule has 0 aliphatic carbocycles. The van der Waals surface area contributed by atoms with E-state index in [-0.39, 0.29) is 22.8 Å². The van der Waals surface area contributed by atoms with Crippen LogP contribution in [0.4, 0.5) is 15.9 Å². The molecule has 1 saturated heterocycles. The number of benzene rings is 2. The first kappa shape index (κ1) is 27.4. The third-order valence-electron chi connectivity index (χ3n) is 8.29. The Bertz CT molecular complexity index is 1410. The fourth-order valence-corrected chi connectivity index (χ4v) is 6.10. The van der Waals surface area contributed by atoms with Gasteiger partial charge in [-0.1, -0.05) is 49.7 Å². The van der Waals surface area contributed by atoms with Gasteiger partial charge in [0.25, 0.3) is 0 Å². The van der Waals surface area contributed by atoms with Gasteiger partial charge in [0.1, 0.15) is 16.8 Å². The molecule has 3 aromatic rings. The Hall–Kier alpha value is -3.16. The van der Waals surface area contributed by atoms with Crippen molar-refractivity contribution in [3.63, 3.8) is 0 Å². The molecule has 0 radical (unpaired) electrons. The van der Waals surface area contributed by atoms with Gasteiger partial charge in [-0.15, -0.1) is 0 Å². The molecule has 2 aliphatic rings. The second-order valence-electron chi connectivity index (χ2n) is 11.7. The molecule has 6 nitrogen and oxygen atoms in total. The lowest BCUT2D eigenvalue weighted by atomic mass is 9.82. The number of hydrogen-bond acceptors (Lipinski definition) is 5. The summed E-state index contributed by atoms with van der Waals surface area (Å²) in [6.07, 6.45) is 2.65. The summed E-state index contributed by atoms with van der Waals surface area (Å²) < 4.78 is 13.6. The van der Waals surface area contributed by atoms with Gasteiger partial charge in [-0.05, 0) is 71.6 Å². The first-order valence-corrected chi connectivity index (χ1v) is 13.9. The van der Waals surface area contributed by atoms with E-state index in [0.717, 1.165) is 79.9 Å². The molecule has 5 rings (SSSR count). The average Bonchev–Trinajstić information content (AvgIpc) is 2.87. The van der Waals surface area contributed by atoms with Crippen molar-refractivity contribution in [2.75, 3.05) is 30.3 Å². The highest BCUT2D eigenvalue weighted by Crippen LogP contribution is 2.44. The molecule has 0 atom stereocenters. The SMILES string of the molecule is Cc1cc(F)ccc1CN1CCc2cc(-c3c(N)nc(Cl)c(CC(=O)O)c3N3CCC(C)(C)CC3)ccc2C1. The van der Waals surface area contributed by atoms with Crippen LogP contribution in [0.1, 0.15) is 54.5 Å². The Balaban J connectivity index is 1.49. The zero-order valence-corrected chi connectivity index (χ0v) is 23.6. The van der Waals surface area contributed by atoms with Gasteiger partial charge in [0.15, 0.2) is 0 Å². The Morgan fingerprint density at radius 3 is 2.56 bits per heavy atom. The summed E-state index contributed by atoms with van der Waals surface area (Å²) in [5, 5.41) is 9.84. The average molecular weight is 551 g/mol. The minimum atomic E-state index is -0.949. The van der Waals surface area contributed by atoms with E-state index in [1.165, 1.54) is 17.2 Å². The molecule has 2 aromatic carbocycles. The second-order valence-corrected chi connectivity index (χ2v) is 12.1. The third kappa shape index (κ3) is 5.89. The van der Waals surface area contributed by atoms with Crippen molar-refractivity contribution in [1.82, 2.24) is 9.88 Å². The van der Waals surface area contributed by atoms with E-state index in [2.05, 4.69) is 46.8 Å². The number of piperidine rings is 1. The molecule has 2 aliphatic heterocycles. The van der Waals surface area contributed by atoms with Crippen LogP contribution in [0.3, 0.4) is 0 Å². The molecule has 0 spiro atoms. The molecule has 3 N–H and O–H groups in total. The normalized spacial score (nSPS) is 17.2. The highest BCUT2D eigenvalue weighted by molar-refractivity contribution is 6.31. The fourth-order valence-electron chi connectivity index (χ4n) is 5.86. The highest BCUT2D eigenvalue weighted by atomic mass is 35.5. The number of nitrogens with two attached hydrogens (primary N) is 1. The molecule has 0 amide bonds. The summed E-state index contributed by atoms with van der Waals surface area (Å²) in [5.41, 5.74) is 14.4. The van der Waals surface area contributed by atoms with Crippen molar-refractivity contribution in [3.05, 3.63) is 75.2 Å². The first-order chi connectivity index (χ1) is 18.5. The molecular weight excluding hydrogens is 515 g/mol. The zero-order chi connectivity index (χ0) is 27.9. The Labute approximate surface area is 234 Å². The van der Waals surface area contributed by atoms with E-state index in [9.17, 15) is 14.3 Å². The van der Waals surface area contributed by atoms with Gasteiger partial charge < -0.3 is 15.7 Å². The van der Waals surface area contributed by atoms with Crippen LogP contribution in [-0.4, -0.2) is 40.6 Å². The van der Waals surface area contributed by atoms with Crippen LogP contribution in [-0.2, 0) is 30.7 Å². The van der Waals surface area contributed by atoms with Gasteiger partial charge in [-0.2, -0.15) is 0 Å². The van der Waals surface area contributed by atoms with Crippen LogP contribution in [0.25, 0.3) is 11.1 Å². The van der Waals surface area contributed by atoms with Crippen molar-refractivity contribution in [2.24, 2.45) is 5.41 Å². The van der Waals surface area contributed by atoms with E-state index >= 15 is 0 Å². The molecule has 39 heavy (non-hydrogen) atoms. The zero-order valence-electron chi connectivity index (χ0n) is 22.9. The Kier molecular flexibility index (Phi) is 7.57. The number of carboxylic acids is 1. The van der Waals surface area contributed by atoms with Crippen molar-refractivity contribution in [2.45, 2.75) is 59.5 Å². The molecule has 1 aromatic heterocycles. The lowest BCUT2D eigenvalue weighted by Crippen LogP contribution is -2.38. The number of aliphatic carboxylic acids is 1. The maximum absolute atomic E-state index is 13.6. The maximum Gasteiger partial charge on any atom is 0.308 e. The van der Waals surface area contributed by atoms with Crippen LogP contribution < -0.4 is 10.6 Å². The molecule has 0 unspecified atom stereocenters. The van der Waals surface area contributed by atoms with Gasteiger partial charge in [-0.25, -0.2) is 9.37 Å². The molecule has 1 fully saturated rings. The van der Waals surface area contributed by atoms with E-state index < -0.39 is 5.97 Å². The molecule has 8 heteroatoms. The number of carbonyl (C=O) groups is 1. The summed E-state index contributed by atoms with van der Waals surface area (Å²) in [6, 6.07) is 11.4. The number of rotatable bonds is 6. The van der Waals surface area contributed by atoms with Gasteiger partial charge >= 0.3 is 5.97 Å². The molecule has 0 saturated carbocycles. The topological polar surface area (TPSA) is 82.7 Å². The standard InChI is InChI=1S/C31H36ClFN4O2/c1-19-14-24(33)7-6-22(19)17-36-11-8-20-15-21(4-5-23(20)18-36)27-28(37-12-9-31(2,3)10-13-37)25(16-26(38)39)29(32)35-30(27)34/h4-7,14-15H,8-13,16-18H2,1-3H3,(H2,34,35)(H,38,39). The largest absolute Gasteiger partial charge is 0.481 e. The third-order valence-corrected chi connectivity index (χ3v) is 8.61. The fraction of sp³-hybridized carbons (Fsp3) is 0.419. The lowest BCUT2D eigenvalue weighted by Gasteiger charge is -2.40. The predicted molar refractivity (Wildman–Crippen MR) is 155 cm³/mol. The van der Waals surface area contributed by atoms with Crippen LogP contribution in [0.2, 0.25) is 5.15 Å². The van der Waals surface area contributed by atoms with Gasteiger partial charge in [-0.3, -0.25) is 9.69 Å². The highest BCUT2D eigenvalue weighted by Gasteiger charge is 2.31. The summed E-state index contributed by atoms with van der Waals surface area (Å²) in [7, 11) is 0. The molecular formula is C31H36ClFN4O2. The van der Waals surface area contributed by atoms with Crippen molar-refractivity contribution in [1.29, 1.82) is 0 Å². The molecule has 206 valence electrons. The smallest absolute Gasteiger partial charge is 0.308 e. The summed E-state index contributed by atoms with van der Waals surface area (Å²) in [5.74, 6) is -0.837. The number of fused-ring (bicyclic) bond motifs is 1. The summed E-state index contributed by atoms with van der Waals surface area (Å²) in [6.45, 7) is 10.5. The number of halogens is 2. The minimum Gasteiger partial charge on any atom is -0.481 e. The number of nitrogens with zero attached hydrogens (tertiary/aromatic N) is 3. The van der Waals surface area contributed by atoms with Crippen LogP contribution in [0, 0.1) is 18.2 Å². The number of nitrogen functional groups attached to an aromatic ring is 1. The first-order valence-electron chi connectivity index (χ1n) is 13.5.